The molecule has 4 aromatic rings. The first kappa shape index (κ1) is 25.3. The number of benzene rings is 4. The molecular weight excluding hydrogens is 485 g/mol. The van der Waals surface area contributed by atoms with Crippen molar-refractivity contribution < 1.29 is 35.5 Å². The van der Waals surface area contributed by atoms with Crippen LogP contribution in [0.25, 0.3) is 22.3 Å². The van der Waals surface area contributed by atoms with E-state index >= 15 is 0 Å². The minimum Gasteiger partial charge on any atom is -0.429 e. The Kier molecular flexibility index (Phi) is 6.80. The summed E-state index contributed by atoms with van der Waals surface area (Å²) in [5.41, 5.74) is -0.387. The van der Waals surface area contributed by atoms with Crippen LogP contribution < -0.4 is 4.74 Å². The predicted molar refractivity (Wildman–Crippen MR) is 122 cm³/mol. The van der Waals surface area contributed by atoms with E-state index in [1.807, 2.05) is 31.2 Å². The molecule has 0 atom stereocenters. The third-order valence-electron chi connectivity index (χ3n) is 5.81. The Morgan fingerprint density at radius 1 is 0.639 bits per heavy atom. The van der Waals surface area contributed by atoms with Crippen LogP contribution in [-0.4, -0.2) is 0 Å². The van der Waals surface area contributed by atoms with Crippen molar-refractivity contribution in [1.82, 2.24) is 0 Å². The third-order valence-corrected chi connectivity index (χ3v) is 5.81. The van der Waals surface area contributed by atoms with Crippen LogP contribution in [0, 0.1) is 36.0 Å². The Labute approximate surface area is 202 Å². The second-order valence-electron chi connectivity index (χ2n) is 8.19. The first-order valence-electron chi connectivity index (χ1n) is 10.9. The molecule has 0 aliphatic carbocycles. The van der Waals surface area contributed by atoms with Gasteiger partial charge in [-0.3, -0.25) is 0 Å². The molecular formula is C28H19F7O. The van der Waals surface area contributed by atoms with Gasteiger partial charge < -0.3 is 4.74 Å². The highest BCUT2D eigenvalue weighted by Gasteiger charge is 2.41. The number of halogens is 7. The number of hydrogen-bond acceptors (Lipinski definition) is 1. The summed E-state index contributed by atoms with van der Waals surface area (Å²) in [5, 5.41) is 0. The SMILES string of the molecule is CCc1ccc(-c2ccc(-c3cc(F)c(C(F)(F)Oc4cc(F)c(C)c(F)c4)c(F)c3)c(F)c2)cc1. The summed E-state index contributed by atoms with van der Waals surface area (Å²) >= 11 is 0. The molecule has 0 aromatic heterocycles. The molecule has 0 aliphatic heterocycles. The number of aryl methyl sites for hydroxylation is 1. The van der Waals surface area contributed by atoms with Crippen molar-refractivity contribution in [2.24, 2.45) is 0 Å². The van der Waals surface area contributed by atoms with E-state index in [0.717, 1.165) is 24.5 Å². The molecule has 0 spiro atoms. The molecule has 0 saturated carbocycles. The molecule has 0 amide bonds. The Morgan fingerprint density at radius 3 is 1.69 bits per heavy atom. The topological polar surface area (TPSA) is 9.23 Å². The Hall–Kier alpha value is -3.81. The van der Waals surface area contributed by atoms with Crippen molar-refractivity contribution in [2.75, 3.05) is 0 Å². The average Bonchev–Trinajstić information content (AvgIpc) is 2.81. The van der Waals surface area contributed by atoms with Gasteiger partial charge in [-0.2, -0.15) is 8.78 Å². The number of hydrogen-bond donors (Lipinski definition) is 0. The molecule has 0 bridgehead atoms. The normalized spacial score (nSPS) is 11.6. The first-order valence-corrected chi connectivity index (χ1v) is 10.9. The van der Waals surface area contributed by atoms with Gasteiger partial charge in [0.25, 0.3) is 0 Å². The largest absolute Gasteiger partial charge is 0.432 e. The summed E-state index contributed by atoms with van der Waals surface area (Å²) in [6.45, 7) is 3.08. The monoisotopic (exact) mass is 504 g/mol. The lowest BCUT2D eigenvalue weighted by molar-refractivity contribution is -0.189. The fourth-order valence-corrected chi connectivity index (χ4v) is 3.75. The maximum absolute atomic E-state index is 14.9. The van der Waals surface area contributed by atoms with E-state index in [2.05, 4.69) is 4.74 Å². The van der Waals surface area contributed by atoms with Gasteiger partial charge in [0.15, 0.2) is 0 Å². The van der Waals surface area contributed by atoms with Crippen LogP contribution in [0.5, 0.6) is 5.75 Å². The molecule has 186 valence electrons. The van der Waals surface area contributed by atoms with Crippen LogP contribution in [-0.2, 0) is 12.5 Å². The zero-order chi connectivity index (χ0) is 26.2. The van der Waals surface area contributed by atoms with E-state index in [-0.39, 0.29) is 11.1 Å². The van der Waals surface area contributed by atoms with Crippen LogP contribution in [0.4, 0.5) is 30.7 Å². The van der Waals surface area contributed by atoms with Gasteiger partial charge in [-0.25, -0.2) is 22.0 Å². The predicted octanol–water partition coefficient (Wildman–Crippen LogP) is 8.72. The highest BCUT2D eigenvalue weighted by molar-refractivity contribution is 5.71. The fraction of sp³-hybridized carbons (Fsp3) is 0.143. The second kappa shape index (κ2) is 9.68. The Balaban J connectivity index is 1.66. The Morgan fingerprint density at radius 2 is 1.17 bits per heavy atom. The van der Waals surface area contributed by atoms with Crippen LogP contribution >= 0.6 is 0 Å². The molecule has 1 nitrogen and oxygen atoms in total. The molecule has 4 rings (SSSR count). The molecule has 0 aliphatic rings. The minimum atomic E-state index is -4.62. The maximum Gasteiger partial charge on any atom is 0.432 e. The van der Waals surface area contributed by atoms with Gasteiger partial charge in [-0.1, -0.05) is 43.3 Å². The fourth-order valence-electron chi connectivity index (χ4n) is 3.75. The maximum atomic E-state index is 14.9. The van der Waals surface area contributed by atoms with Crippen LogP contribution in [0.2, 0.25) is 0 Å². The van der Waals surface area contributed by atoms with Gasteiger partial charge in [-0.05, 0) is 53.8 Å². The Bertz CT molecular complexity index is 1380. The number of rotatable bonds is 6. The second-order valence-corrected chi connectivity index (χ2v) is 8.19. The third kappa shape index (κ3) is 4.94. The highest BCUT2D eigenvalue weighted by Crippen LogP contribution is 2.38. The summed E-state index contributed by atoms with van der Waals surface area (Å²) in [6.07, 6.45) is -3.78. The van der Waals surface area contributed by atoms with E-state index < -0.39 is 52.1 Å². The number of alkyl halides is 2. The van der Waals surface area contributed by atoms with Gasteiger partial charge in [0.2, 0.25) is 0 Å². The lowest BCUT2D eigenvalue weighted by Crippen LogP contribution is -2.25. The molecule has 0 unspecified atom stereocenters. The lowest BCUT2D eigenvalue weighted by Gasteiger charge is -2.20. The van der Waals surface area contributed by atoms with Crippen molar-refractivity contribution in [3.8, 4) is 28.0 Å². The minimum absolute atomic E-state index is 0.208. The smallest absolute Gasteiger partial charge is 0.429 e. The molecule has 4 aromatic carbocycles. The van der Waals surface area contributed by atoms with Gasteiger partial charge in [0, 0.05) is 23.3 Å². The van der Waals surface area contributed by atoms with Gasteiger partial charge in [0.1, 0.15) is 40.4 Å². The van der Waals surface area contributed by atoms with E-state index in [4.69, 9.17) is 0 Å². The van der Waals surface area contributed by atoms with Crippen molar-refractivity contribution in [3.63, 3.8) is 0 Å². The summed E-state index contributed by atoms with van der Waals surface area (Å²) in [4.78, 5) is 0. The van der Waals surface area contributed by atoms with Crippen molar-refractivity contribution in [1.29, 1.82) is 0 Å². The average molecular weight is 504 g/mol. The van der Waals surface area contributed by atoms with Gasteiger partial charge in [0.05, 0.1) is 0 Å². The first-order chi connectivity index (χ1) is 17.0. The van der Waals surface area contributed by atoms with E-state index in [1.54, 1.807) is 6.07 Å². The van der Waals surface area contributed by atoms with Crippen LogP contribution in [0.1, 0.15) is 23.6 Å². The van der Waals surface area contributed by atoms with Gasteiger partial charge in [-0.15, -0.1) is 0 Å². The standard InChI is InChI=1S/C28H19F7O/c1-3-16-4-6-17(7-5-16)18-8-9-21(24(31)10-18)19-11-25(32)27(26(33)12-19)28(34,35)36-20-13-22(29)15(2)23(30)14-20/h4-14H,3H2,1-2H3. The van der Waals surface area contributed by atoms with Crippen LogP contribution in [0.15, 0.2) is 66.7 Å². The molecule has 0 fully saturated rings. The summed E-state index contributed by atoms with van der Waals surface area (Å²) in [6, 6.07) is 13.5. The molecule has 8 heteroatoms. The van der Waals surface area contributed by atoms with E-state index in [0.29, 0.717) is 29.8 Å². The number of ether oxygens (including phenoxy) is 1. The summed E-state index contributed by atoms with van der Waals surface area (Å²) in [5.74, 6) is -7.55. The van der Waals surface area contributed by atoms with Crippen molar-refractivity contribution in [3.05, 3.63) is 113 Å². The molecule has 36 heavy (non-hydrogen) atoms. The summed E-state index contributed by atoms with van der Waals surface area (Å²) in [7, 11) is 0. The van der Waals surface area contributed by atoms with Crippen molar-refractivity contribution in [2.45, 2.75) is 26.4 Å². The molecule has 0 heterocycles. The quantitative estimate of drug-likeness (QED) is 0.239. The van der Waals surface area contributed by atoms with E-state index in [9.17, 15) is 30.7 Å². The zero-order valence-corrected chi connectivity index (χ0v) is 19.1. The van der Waals surface area contributed by atoms with Crippen molar-refractivity contribution >= 4 is 0 Å². The molecule has 0 radical (unpaired) electrons. The zero-order valence-electron chi connectivity index (χ0n) is 19.1. The highest BCUT2D eigenvalue weighted by atomic mass is 19.3. The summed E-state index contributed by atoms with van der Waals surface area (Å²) < 4.78 is 105. The van der Waals surface area contributed by atoms with E-state index in [1.165, 1.54) is 12.1 Å². The molecule has 0 saturated heterocycles. The van der Waals surface area contributed by atoms with Crippen LogP contribution in [0.3, 0.4) is 0 Å². The lowest BCUT2D eigenvalue weighted by atomic mass is 9.97. The van der Waals surface area contributed by atoms with Gasteiger partial charge >= 0.3 is 6.11 Å². The molecule has 0 N–H and O–H groups in total.